The van der Waals surface area contributed by atoms with Gasteiger partial charge in [-0.3, -0.25) is 9.20 Å². The van der Waals surface area contributed by atoms with E-state index >= 15 is 0 Å². The fourth-order valence-electron chi connectivity index (χ4n) is 2.11. The first kappa shape index (κ1) is 11.5. The molecule has 3 rings (SSSR count). The lowest BCUT2D eigenvalue weighted by Gasteiger charge is -2.08. The molecule has 0 spiro atoms. The number of carbonyl (C=O) groups is 1. The van der Waals surface area contributed by atoms with Crippen LogP contribution in [0.1, 0.15) is 12.6 Å². The highest BCUT2D eigenvalue weighted by Crippen LogP contribution is 2.26. The van der Waals surface area contributed by atoms with Gasteiger partial charge in [-0.05, 0) is 19.1 Å². The number of carbonyl (C=O) groups excluding carboxylic acids is 1. The minimum atomic E-state index is -0.432. The number of hydrogen-bond acceptors (Lipinski definition) is 5. The number of nitrogens with two attached hydrogens (primary N) is 1. The third-order valence-corrected chi connectivity index (χ3v) is 2.90. The van der Waals surface area contributed by atoms with Gasteiger partial charge < -0.3 is 10.5 Å². The van der Waals surface area contributed by atoms with Gasteiger partial charge in [0.05, 0.1) is 16.7 Å². The molecule has 19 heavy (non-hydrogen) atoms. The molecule has 2 aromatic heterocycles. The van der Waals surface area contributed by atoms with Crippen LogP contribution in [-0.2, 0) is 4.79 Å². The number of rotatable bonds is 1. The molecule has 96 valence electrons. The number of para-hydroxylation sites is 2. The van der Waals surface area contributed by atoms with E-state index < -0.39 is 5.97 Å². The van der Waals surface area contributed by atoms with Gasteiger partial charge in [0, 0.05) is 6.92 Å². The Balaban J connectivity index is 2.42. The Morgan fingerprint density at radius 2 is 2.05 bits per heavy atom. The molecular formula is C13H12N4O2. The zero-order valence-electron chi connectivity index (χ0n) is 10.5. The molecule has 2 heterocycles. The number of fused-ring (bicyclic) bond motifs is 3. The monoisotopic (exact) mass is 256 g/mol. The molecule has 0 saturated heterocycles. The van der Waals surface area contributed by atoms with Crippen LogP contribution < -0.4 is 10.5 Å². The van der Waals surface area contributed by atoms with Crippen molar-refractivity contribution >= 4 is 28.5 Å². The number of benzene rings is 1. The van der Waals surface area contributed by atoms with Crippen LogP contribution in [0.15, 0.2) is 24.3 Å². The number of anilines is 1. The van der Waals surface area contributed by atoms with E-state index in [9.17, 15) is 4.79 Å². The van der Waals surface area contributed by atoms with Crippen LogP contribution in [0.3, 0.4) is 0 Å². The molecule has 0 aliphatic carbocycles. The van der Waals surface area contributed by atoms with Gasteiger partial charge in [-0.2, -0.15) is 4.98 Å². The molecule has 2 N–H and O–H groups in total. The van der Waals surface area contributed by atoms with Gasteiger partial charge in [0.25, 0.3) is 0 Å². The summed E-state index contributed by atoms with van der Waals surface area (Å²) in [6, 6.07) is 7.64. The molecule has 0 unspecified atom stereocenters. The van der Waals surface area contributed by atoms with Crippen molar-refractivity contribution in [2.75, 3.05) is 5.73 Å². The first-order valence-electron chi connectivity index (χ1n) is 5.79. The standard InChI is InChI=1S/C13H12N4O2/c1-7-13(19-8(2)18)16-11(14)12-15-9-5-3-4-6-10(9)17(7)12/h3-6H,1-2H3,(H2,14,16). The van der Waals surface area contributed by atoms with Crippen molar-refractivity contribution in [3.8, 4) is 5.88 Å². The summed E-state index contributed by atoms with van der Waals surface area (Å²) in [7, 11) is 0. The van der Waals surface area contributed by atoms with Crippen molar-refractivity contribution in [1.82, 2.24) is 14.4 Å². The van der Waals surface area contributed by atoms with E-state index in [0.717, 1.165) is 11.0 Å². The van der Waals surface area contributed by atoms with E-state index in [1.165, 1.54) is 6.92 Å². The molecule has 1 aromatic carbocycles. The quantitative estimate of drug-likeness (QED) is 0.670. The molecule has 0 aliphatic heterocycles. The number of nitrogens with zero attached hydrogens (tertiary/aromatic N) is 3. The molecular weight excluding hydrogens is 244 g/mol. The number of esters is 1. The number of nitrogen functional groups attached to an aromatic ring is 1. The summed E-state index contributed by atoms with van der Waals surface area (Å²) in [6.45, 7) is 3.14. The average molecular weight is 256 g/mol. The number of hydrogen-bond donors (Lipinski definition) is 1. The zero-order valence-corrected chi connectivity index (χ0v) is 10.5. The van der Waals surface area contributed by atoms with Gasteiger partial charge in [-0.15, -0.1) is 0 Å². The SMILES string of the molecule is CC(=O)Oc1nc(N)c2nc3ccccc3n2c1C. The van der Waals surface area contributed by atoms with Gasteiger partial charge in [0.2, 0.25) is 5.88 Å². The molecule has 6 heteroatoms. The highest BCUT2D eigenvalue weighted by molar-refractivity contribution is 5.84. The maximum atomic E-state index is 11.1. The van der Waals surface area contributed by atoms with E-state index in [1.807, 2.05) is 35.6 Å². The van der Waals surface area contributed by atoms with Gasteiger partial charge >= 0.3 is 5.97 Å². The van der Waals surface area contributed by atoms with E-state index in [0.29, 0.717) is 11.3 Å². The Hall–Kier alpha value is -2.63. The normalized spacial score (nSPS) is 11.1. The number of aromatic nitrogens is 3. The van der Waals surface area contributed by atoms with Crippen molar-refractivity contribution in [1.29, 1.82) is 0 Å². The summed E-state index contributed by atoms with van der Waals surface area (Å²) in [5, 5.41) is 0. The van der Waals surface area contributed by atoms with Crippen molar-refractivity contribution in [2.45, 2.75) is 13.8 Å². The summed E-state index contributed by atoms with van der Waals surface area (Å²) in [5.41, 5.74) is 8.85. The Morgan fingerprint density at radius 3 is 2.79 bits per heavy atom. The second kappa shape index (κ2) is 3.94. The predicted molar refractivity (Wildman–Crippen MR) is 71.0 cm³/mol. The second-order valence-corrected chi connectivity index (χ2v) is 4.24. The molecule has 0 fully saturated rings. The molecule has 0 amide bonds. The first-order valence-corrected chi connectivity index (χ1v) is 5.79. The Morgan fingerprint density at radius 1 is 1.32 bits per heavy atom. The molecule has 0 aliphatic rings. The fraction of sp³-hybridized carbons (Fsp3) is 0.154. The lowest BCUT2D eigenvalue weighted by atomic mass is 10.3. The first-order chi connectivity index (χ1) is 9.08. The predicted octanol–water partition coefficient (Wildman–Crippen LogP) is 1.70. The van der Waals surface area contributed by atoms with Crippen LogP contribution in [0.5, 0.6) is 5.88 Å². The van der Waals surface area contributed by atoms with Crippen LogP contribution in [-0.4, -0.2) is 20.3 Å². The van der Waals surface area contributed by atoms with Crippen molar-refractivity contribution in [3.63, 3.8) is 0 Å². The zero-order chi connectivity index (χ0) is 13.6. The molecule has 0 saturated carbocycles. The van der Waals surface area contributed by atoms with Crippen molar-refractivity contribution < 1.29 is 9.53 Å². The van der Waals surface area contributed by atoms with E-state index in [2.05, 4.69) is 9.97 Å². The van der Waals surface area contributed by atoms with E-state index in [-0.39, 0.29) is 11.7 Å². The number of imidazole rings is 1. The van der Waals surface area contributed by atoms with Crippen LogP contribution >= 0.6 is 0 Å². The maximum absolute atomic E-state index is 11.1. The van der Waals surface area contributed by atoms with Crippen LogP contribution in [0.2, 0.25) is 0 Å². The van der Waals surface area contributed by atoms with E-state index in [1.54, 1.807) is 0 Å². The smallest absolute Gasteiger partial charge is 0.309 e. The van der Waals surface area contributed by atoms with Crippen LogP contribution in [0, 0.1) is 6.92 Å². The minimum Gasteiger partial charge on any atom is -0.406 e. The average Bonchev–Trinajstić information content (AvgIpc) is 2.75. The fourth-order valence-corrected chi connectivity index (χ4v) is 2.11. The topological polar surface area (TPSA) is 82.5 Å². The van der Waals surface area contributed by atoms with Gasteiger partial charge in [0.15, 0.2) is 11.5 Å². The Bertz CT molecular complexity index is 807. The van der Waals surface area contributed by atoms with Crippen LogP contribution in [0.4, 0.5) is 5.82 Å². The number of ether oxygens (including phenoxy) is 1. The molecule has 3 aromatic rings. The summed E-state index contributed by atoms with van der Waals surface area (Å²) < 4.78 is 6.92. The molecule has 0 radical (unpaired) electrons. The summed E-state index contributed by atoms with van der Waals surface area (Å²) in [5.74, 6) is 0.0115. The van der Waals surface area contributed by atoms with Crippen molar-refractivity contribution in [2.24, 2.45) is 0 Å². The Labute approximate surface area is 108 Å². The number of aryl methyl sites for hydroxylation is 1. The highest BCUT2D eigenvalue weighted by atomic mass is 16.5. The van der Waals surface area contributed by atoms with Gasteiger partial charge in [-0.25, -0.2) is 4.98 Å². The summed E-state index contributed by atoms with van der Waals surface area (Å²) in [4.78, 5) is 19.6. The molecule has 0 atom stereocenters. The summed E-state index contributed by atoms with van der Waals surface area (Å²) in [6.07, 6.45) is 0. The van der Waals surface area contributed by atoms with E-state index in [4.69, 9.17) is 10.5 Å². The lowest BCUT2D eigenvalue weighted by molar-refractivity contribution is -0.132. The lowest BCUT2D eigenvalue weighted by Crippen LogP contribution is -2.09. The molecule has 6 nitrogen and oxygen atoms in total. The highest BCUT2D eigenvalue weighted by Gasteiger charge is 2.15. The van der Waals surface area contributed by atoms with Gasteiger partial charge in [0.1, 0.15) is 0 Å². The third kappa shape index (κ3) is 1.69. The minimum absolute atomic E-state index is 0.209. The van der Waals surface area contributed by atoms with Crippen molar-refractivity contribution in [3.05, 3.63) is 30.0 Å². The maximum Gasteiger partial charge on any atom is 0.309 e. The third-order valence-electron chi connectivity index (χ3n) is 2.90. The van der Waals surface area contributed by atoms with Gasteiger partial charge in [-0.1, -0.05) is 12.1 Å². The second-order valence-electron chi connectivity index (χ2n) is 4.24. The summed E-state index contributed by atoms with van der Waals surface area (Å²) >= 11 is 0. The van der Waals surface area contributed by atoms with Crippen LogP contribution in [0.25, 0.3) is 16.7 Å². The largest absolute Gasteiger partial charge is 0.406 e. The molecule has 0 bridgehead atoms. The Kier molecular flexibility index (Phi) is 2.38.